The molecule has 28 heavy (non-hydrogen) atoms. The van der Waals surface area contributed by atoms with Gasteiger partial charge < -0.3 is 19.9 Å². The molecule has 1 aromatic rings. The number of terminal acetylenes is 1. The molecule has 0 aliphatic rings. The summed E-state index contributed by atoms with van der Waals surface area (Å²) in [5, 5.41) is 3.25. The third kappa shape index (κ3) is 9.31. The standard InChI is InChI=1S/C21H32N4O2.HI/c1-6-16-27-19-12-10-18(11-13-19)14-15-23-21(22-7-2)24(5)17-20(26)25(8-3)9-4;/h1,10-13H,7-9,14-17H2,2-5H3,(H,22,23);1H. The lowest BCUT2D eigenvalue weighted by Gasteiger charge is -2.25. The molecular weight excluding hydrogens is 467 g/mol. The summed E-state index contributed by atoms with van der Waals surface area (Å²) in [6.07, 6.45) is 6.00. The van der Waals surface area contributed by atoms with Crippen LogP contribution in [0.2, 0.25) is 0 Å². The van der Waals surface area contributed by atoms with Gasteiger partial charge in [0.1, 0.15) is 12.4 Å². The Morgan fingerprint density at radius 2 is 1.86 bits per heavy atom. The molecule has 7 heteroatoms. The van der Waals surface area contributed by atoms with E-state index in [9.17, 15) is 4.79 Å². The van der Waals surface area contributed by atoms with E-state index in [0.29, 0.717) is 13.1 Å². The van der Waals surface area contributed by atoms with Crippen molar-refractivity contribution in [2.24, 2.45) is 4.99 Å². The molecule has 0 atom stereocenters. The maximum Gasteiger partial charge on any atom is 0.242 e. The molecule has 1 aromatic carbocycles. The molecule has 6 nitrogen and oxygen atoms in total. The van der Waals surface area contributed by atoms with Crippen LogP contribution in [0.3, 0.4) is 0 Å². The molecule has 1 N–H and O–H groups in total. The first-order valence-corrected chi connectivity index (χ1v) is 9.48. The first kappa shape index (κ1) is 26.1. The van der Waals surface area contributed by atoms with Gasteiger partial charge in [0.25, 0.3) is 0 Å². The monoisotopic (exact) mass is 500 g/mol. The van der Waals surface area contributed by atoms with Crippen LogP contribution in [0.1, 0.15) is 26.3 Å². The molecule has 0 aliphatic carbocycles. The molecule has 1 rings (SSSR count). The third-order valence-electron chi connectivity index (χ3n) is 4.09. The van der Waals surface area contributed by atoms with Gasteiger partial charge in [-0.3, -0.25) is 9.79 Å². The average molecular weight is 500 g/mol. The normalized spacial score (nSPS) is 10.5. The van der Waals surface area contributed by atoms with Crippen molar-refractivity contribution >= 4 is 35.8 Å². The molecule has 0 saturated carbocycles. The Balaban J connectivity index is 0.00000729. The van der Waals surface area contributed by atoms with E-state index >= 15 is 0 Å². The van der Waals surface area contributed by atoms with Crippen LogP contribution in [-0.4, -0.2) is 68.0 Å². The van der Waals surface area contributed by atoms with Crippen LogP contribution in [-0.2, 0) is 11.2 Å². The Labute approximate surface area is 186 Å². The second kappa shape index (κ2) is 15.0. The predicted molar refractivity (Wildman–Crippen MR) is 126 cm³/mol. The summed E-state index contributed by atoms with van der Waals surface area (Å²) in [5.41, 5.74) is 1.17. The highest BCUT2D eigenvalue weighted by molar-refractivity contribution is 14.0. The fourth-order valence-electron chi connectivity index (χ4n) is 2.59. The Kier molecular flexibility index (Phi) is 14.0. The molecule has 0 aromatic heterocycles. The van der Waals surface area contributed by atoms with Gasteiger partial charge in [0, 0.05) is 33.2 Å². The summed E-state index contributed by atoms with van der Waals surface area (Å²) >= 11 is 0. The van der Waals surface area contributed by atoms with E-state index in [0.717, 1.165) is 37.8 Å². The van der Waals surface area contributed by atoms with Gasteiger partial charge >= 0.3 is 0 Å². The second-order valence-electron chi connectivity index (χ2n) is 6.04. The van der Waals surface area contributed by atoms with E-state index in [1.54, 1.807) is 0 Å². The number of benzene rings is 1. The van der Waals surface area contributed by atoms with E-state index in [-0.39, 0.29) is 36.5 Å². The van der Waals surface area contributed by atoms with Crippen LogP contribution in [0.5, 0.6) is 5.75 Å². The molecule has 156 valence electrons. The van der Waals surface area contributed by atoms with Gasteiger partial charge in [0.2, 0.25) is 5.91 Å². The van der Waals surface area contributed by atoms with Crippen LogP contribution < -0.4 is 10.1 Å². The van der Waals surface area contributed by atoms with Crippen molar-refractivity contribution < 1.29 is 9.53 Å². The average Bonchev–Trinajstić information content (AvgIpc) is 2.67. The summed E-state index contributed by atoms with van der Waals surface area (Å²) in [5.74, 6) is 4.07. The molecule has 0 unspecified atom stereocenters. The largest absolute Gasteiger partial charge is 0.481 e. The van der Waals surface area contributed by atoms with Crippen LogP contribution in [0.4, 0.5) is 0 Å². The number of guanidine groups is 1. The van der Waals surface area contributed by atoms with E-state index in [4.69, 9.17) is 11.2 Å². The first-order chi connectivity index (χ1) is 13.0. The molecular formula is C21H33IN4O2. The summed E-state index contributed by atoms with van der Waals surface area (Å²) in [7, 11) is 1.89. The summed E-state index contributed by atoms with van der Waals surface area (Å²) in [4.78, 5) is 20.7. The molecule has 0 aliphatic heterocycles. The molecule has 0 radical (unpaired) electrons. The number of aliphatic imine (C=N–C) groups is 1. The Morgan fingerprint density at radius 3 is 2.39 bits per heavy atom. The smallest absolute Gasteiger partial charge is 0.242 e. The zero-order valence-electron chi connectivity index (χ0n) is 17.4. The van der Waals surface area contributed by atoms with Gasteiger partial charge in [0.05, 0.1) is 6.54 Å². The maximum absolute atomic E-state index is 12.3. The summed E-state index contributed by atoms with van der Waals surface area (Å²) < 4.78 is 5.37. The molecule has 0 bridgehead atoms. The predicted octanol–water partition coefficient (Wildman–Crippen LogP) is 2.62. The molecule has 0 heterocycles. The number of nitrogens with zero attached hydrogens (tertiary/aromatic N) is 3. The highest BCUT2D eigenvalue weighted by Crippen LogP contribution is 2.12. The zero-order valence-corrected chi connectivity index (χ0v) is 19.7. The van der Waals surface area contributed by atoms with E-state index in [1.807, 2.05) is 61.9 Å². The number of likely N-dealkylation sites (N-methyl/N-ethyl adjacent to an activating group) is 2. The number of halogens is 1. The van der Waals surface area contributed by atoms with E-state index in [2.05, 4.69) is 16.2 Å². The third-order valence-corrected chi connectivity index (χ3v) is 4.09. The number of carbonyl (C=O) groups is 1. The van der Waals surface area contributed by atoms with Crippen molar-refractivity contribution in [3.05, 3.63) is 29.8 Å². The highest BCUT2D eigenvalue weighted by Gasteiger charge is 2.14. The Morgan fingerprint density at radius 1 is 1.21 bits per heavy atom. The van der Waals surface area contributed by atoms with Gasteiger partial charge in [0.15, 0.2) is 5.96 Å². The van der Waals surface area contributed by atoms with Gasteiger partial charge in [-0.15, -0.1) is 30.4 Å². The van der Waals surface area contributed by atoms with Gasteiger partial charge in [-0.05, 0) is 44.9 Å². The molecule has 1 amide bonds. The lowest BCUT2D eigenvalue weighted by Crippen LogP contribution is -2.45. The fraction of sp³-hybridized carbons (Fsp3) is 0.524. The number of amides is 1. The van der Waals surface area contributed by atoms with Crippen molar-refractivity contribution in [2.45, 2.75) is 27.2 Å². The van der Waals surface area contributed by atoms with Gasteiger partial charge in [-0.2, -0.15) is 0 Å². The van der Waals surface area contributed by atoms with Crippen molar-refractivity contribution in [2.75, 3.05) is 46.4 Å². The molecule has 0 spiro atoms. The summed E-state index contributed by atoms with van der Waals surface area (Å²) in [6, 6.07) is 7.86. The highest BCUT2D eigenvalue weighted by atomic mass is 127. The lowest BCUT2D eigenvalue weighted by molar-refractivity contribution is -0.131. The quantitative estimate of drug-likeness (QED) is 0.232. The number of carbonyl (C=O) groups excluding carboxylic acids is 1. The zero-order chi connectivity index (χ0) is 20.1. The SMILES string of the molecule is C#CCOc1ccc(CCN=C(NCC)N(C)CC(=O)N(CC)CC)cc1.I. The minimum atomic E-state index is 0. The van der Waals surface area contributed by atoms with Crippen molar-refractivity contribution in [1.82, 2.24) is 15.1 Å². The maximum atomic E-state index is 12.3. The van der Waals surface area contributed by atoms with Crippen LogP contribution in [0.15, 0.2) is 29.3 Å². The molecule has 0 saturated heterocycles. The first-order valence-electron chi connectivity index (χ1n) is 9.48. The van der Waals surface area contributed by atoms with E-state index in [1.165, 1.54) is 5.56 Å². The fourth-order valence-corrected chi connectivity index (χ4v) is 2.59. The minimum Gasteiger partial charge on any atom is -0.481 e. The second-order valence-corrected chi connectivity index (χ2v) is 6.04. The molecule has 0 fully saturated rings. The topological polar surface area (TPSA) is 57.2 Å². The number of ether oxygens (including phenoxy) is 1. The van der Waals surface area contributed by atoms with E-state index < -0.39 is 0 Å². The van der Waals surface area contributed by atoms with Crippen LogP contribution in [0.25, 0.3) is 0 Å². The van der Waals surface area contributed by atoms with Crippen molar-refractivity contribution in [3.8, 4) is 18.1 Å². The van der Waals surface area contributed by atoms with Crippen molar-refractivity contribution in [1.29, 1.82) is 0 Å². The number of rotatable bonds is 10. The van der Waals surface area contributed by atoms with Crippen molar-refractivity contribution in [3.63, 3.8) is 0 Å². The van der Waals surface area contributed by atoms with Gasteiger partial charge in [-0.1, -0.05) is 18.1 Å². The Hall–Kier alpha value is -1.95. The van der Waals surface area contributed by atoms with Crippen LogP contribution in [0, 0.1) is 12.3 Å². The summed E-state index contributed by atoms with van der Waals surface area (Å²) in [6.45, 7) is 9.41. The minimum absolute atomic E-state index is 0. The number of hydrogen-bond acceptors (Lipinski definition) is 3. The Bertz CT molecular complexity index is 637. The van der Waals surface area contributed by atoms with Crippen LogP contribution >= 0.6 is 24.0 Å². The van der Waals surface area contributed by atoms with Gasteiger partial charge in [-0.25, -0.2) is 0 Å². The lowest BCUT2D eigenvalue weighted by atomic mass is 10.1. The number of nitrogens with one attached hydrogen (secondary N) is 1. The number of hydrogen-bond donors (Lipinski definition) is 1.